The summed E-state index contributed by atoms with van der Waals surface area (Å²) in [5.74, 6) is 0. The number of rotatable bonds is 25. The van der Waals surface area contributed by atoms with Crippen LogP contribution in [0.25, 0.3) is 0 Å². The SMILES string of the molecule is CC[Si](CC)(CC)O[C@@H](C[C@H](C/C=C/[C@H](C[C@H](C/C(C)=C/C=O)O[Si](C)(C)C(C)(C)C)O[Si](C)(C)C(C)(C)C)O[Si](C)(C)C(C)(C)C)C[C@@H](C)O[Si](C)(C)C(C)(C)C. The summed E-state index contributed by atoms with van der Waals surface area (Å²) in [6.45, 7) is 57.9. The number of hydrogen-bond acceptors (Lipinski definition) is 6. The van der Waals surface area contributed by atoms with Gasteiger partial charge in [-0.05, 0) is 136 Å². The Labute approximate surface area is 367 Å². The number of aldehydes is 1. The molecule has 344 valence electrons. The van der Waals surface area contributed by atoms with Gasteiger partial charge in [-0.25, -0.2) is 0 Å². The summed E-state index contributed by atoms with van der Waals surface area (Å²) in [4.78, 5) is 11.5. The molecular weight excluding hydrogens is 801 g/mol. The molecule has 58 heavy (non-hydrogen) atoms. The fraction of sp³-hybridized carbons (Fsp3) is 0.894. The van der Waals surface area contributed by atoms with Crippen molar-refractivity contribution in [3.8, 4) is 0 Å². The van der Waals surface area contributed by atoms with Gasteiger partial charge >= 0.3 is 0 Å². The van der Waals surface area contributed by atoms with Crippen molar-refractivity contribution < 1.29 is 26.9 Å². The Kier molecular flexibility index (Phi) is 22.6. The van der Waals surface area contributed by atoms with Crippen molar-refractivity contribution in [2.45, 2.75) is 271 Å². The number of carbonyl (C=O) groups is 1. The number of carbonyl (C=O) groups excluding carboxylic acids is 1. The standard InChI is InChI=1S/C47H100O6Si5/c1-26-58(27-2,28-3)53-43(35-39(5)49-54(18,19)44(6,7)8)37-41(51-56(22,23)46(12,13)14)31-29-30-40(50-55(20,21)45(9,10)11)36-42(34-38(4)32-33-48)52-57(24,25)47(15,16)17/h29-30,32-33,39-43H,26-28,31,34-37H2,1-25H3/b30-29+,38-32+/t39-,40-,41+,42+,43-/m1/s1. The molecule has 11 heteroatoms. The zero-order valence-electron chi connectivity index (χ0n) is 43.3. The lowest BCUT2D eigenvalue weighted by Gasteiger charge is -2.43. The molecule has 6 nitrogen and oxygen atoms in total. The first-order chi connectivity index (χ1) is 25.8. The monoisotopic (exact) mass is 901 g/mol. The predicted octanol–water partition coefficient (Wildman–Crippen LogP) is 15.6. The third-order valence-corrected chi connectivity index (χ3v) is 37.6. The summed E-state index contributed by atoms with van der Waals surface area (Å²) in [6.07, 6.45) is 11.2. The molecule has 0 heterocycles. The van der Waals surface area contributed by atoms with Gasteiger partial charge in [-0.3, -0.25) is 4.79 Å². The molecule has 0 unspecified atom stereocenters. The molecule has 0 aliphatic carbocycles. The van der Waals surface area contributed by atoms with E-state index in [1.54, 1.807) is 6.08 Å². The average Bonchev–Trinajstić information content (AvgIpc) is 3.00. The van der Waals surface area contributed by atoms with Crippen LogP contribution in [-0.2, 0) is 26.9 Å². The molecule has 0 spiro atoms. The van der Waals surface area contributed by atoms with E-state index in [2.05, 4.69) is 175 Å². The van der Waals surface area contributed by atoms with E-state index in [1.165, 1.54) is 0 Å². The van der Waals surface area contributed by atoms with E-state index < -0.39 is 41.6 Å². The second-order valence-corrected chi connectivity index (χ2v) is 47.6. The van der Waals surface area contributed by atoms with Crippen LogP contribution >= 0.6 is 0 Å². The Morgan fingerprint density at radius 3 is 1.33 bits per heavy atom. The first-order valence-corrected chi connectivity index (χ1v) is 37.2. The van der Waals surface area contributed by atoms with Gasteiger partial charge in [-0.15, -0.1) is 0 Å². The van der Waals surface area contributed by atoms with E-state index >= 15 is 0 Å². The maximum atomic E-state index is 11.5. The van der Waals surface area contributed by atoms with E-state index in [9.17, 15) is 4.79 Å². The van der Waals surface area contributed by atoms with Gasteiger partial charge in [0.1, 0.15) is 6.29 Å². The molecule has 0 N–H and O–H groups in total. The molecule has 5 atom stereocenters. The van der Waals surface area contributed by atoms with E-state index in [1.807, 2.05) is 6.92 Å². The van der Waals surface area contributed by atoms with E-state index in [0.29, 0.717) is 6.42 Å². The summed E-state index contributed by atoms with van der Waals surface area (Å²) >= 11 is 0. The fourth-order valence-electron chi connectivity index (χ4n) is 6.40. The molecule has 0 aliphatic rings. The summed E-state index contributed by atoms with van der Waals surface area (Å²) in [5, 5.41) is 0.339. The minimum absolute atomic E-state index is 0.00468. The second-order valence-electron chi connectivity index (χ2n) is 23.8. The van der Waals surface area contributed by atoms with Crippen molar-refractivity contribution >= 4 is 47.9 Å². The molecule has 0 aromatic heterocycles. The smallest absolute Gasteiger partial charge is 0.192 e. The second kappa shape index (κ2) is 22.6. The lowest BCUT2D eigenvalue weighted by Crippen LogP contribution is -2.48. The largest absolute Gasteiger partial charge is 0.414 e. The topological polar surface area (TPSA) is 63.2 Å². The fourth-order valence-corrected chi connectivity index (χ4v) is 14.8. The Hall–Kier alpha value is 0.0344. The van der Waals surface area contributed by atoms with Crippen LogP contribution < -0.4 is 0 Å². The normalized spacial score (nSPS) is 17.7. The number of hydrogen-bond donors (Lipinski definition) is 0. The first kappa shape index (κ1) is 58.0. The first-order valence-electron chi connectivity index (χ1n) is 23.0. The molecule has 0 aromatic rings. The van der Waals surface area contributed by atoms with Crippen LogP contribution in [0, 0.1) is 0 Å². The highest BCUT2D eigenvalue weighted by Crippen LogP contribution is 2.43. The molecule has 0 fully saturated rings. The minimum atomic E-state index is -2.16. The van der Waals surface area contributed by atoms with E-state index in [4.69, 9.17) is 22.1 Å². The van der Waals surface area contributed by atoms with Gasteiger partial charge in [-0.1, -0.05) is 122 Å². The Bertz CT molecular complexity index is 1270. The maximum absolute atomic E-state index is 11.5. The summed E-state index contributed by atoms with van der Waals surface area (Å²) < 4.78 is 36.2. The molecule has 0 bridgehead atoms. The number of allylic oxidation sites excluding steroid dienone is 1. The zero-order valence-corrected chi connectivity index (χ0v) is 48.3. The van der Waals surface area contributed by atoms with Crippen LogP contribution in [0.2, 0.25) is 90.7 Å². The Morgan fingerprint density at radius 2 is 0.931 bits per heavy atom. The van der Waals surface area contributed by atoms with Crippen molar-refractivity contribution in [1.29, 1.82) is 0 Å². The summed E-state index contributed by atoms with van der Waals surface area (Å²) in [6, 6.07) is 3.36. The van der Waals surface area contributed by atoms with Crippen molar-refractivity contribution in [3.05, 3.63) is 23.8 Å². The van der Waals surface area contributed by atoms with Crippen molar-refractivity contribution in [2.75, 3.05) is 0 Å². The van der Waals surface area contributed by atoms with Gasteiger partial charge in [-0.2, -0.15) is 0 Å². The van der Waals surface area contributed by atoms with Crippen LogP contribution in [-0.4, -0.2) is 78.4 Å². The van der Waals surface area contributed by atoms with Gasteiger partial charge < -0.3 is 22.1 Å². The molecule has 0 saturated heterocycles. The van der Waals surface area contributed by atoms with Gasteiger partial charge in [0.05, 0.1) is 18.3 Å². The Balaban J connectivity index is 7.25. The van der Waals surface area contributed by atoms with Crippen LogP contribution in [0.5, 0.6) is 0 Å². The van der Waals surface area contributed by atoms with Crippen molar-refractivity contribution in [1.82, 2.24) is 0 Å². The lowest BCUT2D eigenvalue weighted by molar-refractivity contribution is -0.104. The highest BCUT2D eigenvalue weighted by Gasteiger charge is 2.44. The van der Waals surface area contributed by atoms with Gasteiger partial charge in [0.2, 0.25) is 0 Å². The molecular formula is C47H100O6Si5. The third-order valence-electron chi connectivity index (χ3n) is 14.7. The van der Waals surface area contributed by atoms with Crippen LogP contribution in [0.15, 0.2) is 23.8 Å². The van der Waals surface area contributed by atoms with Crippen LogP contribution in [0.3, 0.4) is 0 Å². The van der Waals surface area contributed by atoms with Crippen molar-refractivity contribution in [3.63, 3.8) is 0 Å². The Morgan fingerprint density at radius 1 is 0.534 bits per heavy atom. The van der Waals surface area contributed by atoms with E-state index in [0.717, 1.165) is 55.7 Å². The highest BCUT2D eigenvalue weighted by molar-refractivity contribution is 6.75. The molecule has 0 aliphatic heterocycles. The quantitative estimate of drug-likeness (QED) is 0.0394. The van der Waals surface area contributed by atoms with Crippen LogP contribution in [0.1, 0.15) is 150 Å². The minimum Gasteiger partial charge on any atom is -0.414 e. The van der Waals surface area contributed by atoms with Crippen LogP contribution in [0.4, 0.5) is 0 Å². The van der Waals surface area contributed by atoms with Gasteiger partial charge in [0.25, 0.3) is 0 Å². The van der Waals surface area contributed by atoms with Crippen molar-refractivity contribution in [2.24, 2.45) is 0 Å². The molecule has 0 amide bonds. The average molecular weight is 902 g/mol. The molecule has 0 saturated carbocycles. The molecule has 0 radical (unpaired) electrons. The molecule has 0 rings (SSSR count). The highest BCUT2D eigenvalue weighted by atomic mass is 28.4. The maximum Gasteiger partial charge on any atom is 0.192 e. The zero-order chi connectivity index (χ0) is 46.0. The molecule has 0 aromatic carbocycles. The summed E-state index contributed by atoms with van der Waals surface area (Å²) in [7, 11) is -10.3. The third kappa shape index (κ3) is 18.8. The van der Waals surface area contributed by atoms with E-state index in [-0.39, 0.29) is 50.7 Å². The predicted molar refractivity (Wildman–Crippen MR) is 268 cm³/mol. The summed E-state index contributed by atoms with van der Waals surface area (Å²) in [5.41, 5.74) is 1.04. The lowest BCUT2D eigenvalue weighted by atomic mass is 10.0. The van der Waals surface area contributed by atoms with Gasteiger partial charge in [0.15, 0.2) is 41.6 Å². The van der Waals surface area contributed by atoms with Gasteiger partial charge in [0, 0.05) is 18.6 Å².